The summed E-state index contributed by atoms with van der Waals surface area (Å²) in [7, 11) is 0. The first-order valence-corrected chi connectivity index (χ1v) is 5.58. The van der Waals surface area contributed by atoms with Gasteiger partial charge in [0.1, 0.15) is 0 Å². The fourth-order valence-corrected chi connectivity index (χ4v) is 1.42. The second kappa shape index (κ2) is 5.47. The molecule has 0 saturated carbocycles. The second-order valence-corrected chi connectivity index (χ2v) is 4.36. The van der Waals surface area contributed by atoms with Crippen LogP contribution in [-0.4, -0.2) is 6.54 Å². The lowest BCUT2D eigenvalue weighted by Gasteiger charge is -2.12. The standard InChI is InChI=1S/C11H15Cl2N/c1-3-8(2)7-14-11-6-9(12)4-5-10(11)13/h4-6,8,14H,3,7H2,1-2H3. The van der Waals surface area contributed by atoms with Gasteiger partial charge in [0.25, 0.3) is 0 Å². The van der Waals surface area contributed by atoms with Crippen LogP contribution in [-0.2, 0) is 0 Å². The van der Waals surface area contributed by atoms with Gasteiger partial charge in [-0.3, -0.25) is 0 Å². The third kappa shape index (κ3) is 3.39. The van der Waals surface area contributed by atoms with Gasteiger partial charge in [0, 0.05) is 11.6 Å². The van der Waals surface area contributed by atoms with Gasteiger partial charge in [-0.25, -0.2) is 0 Å². The predicted octanol–water partition coefficient (Wildman–Crippen LogP) is 4.45. The maximum atomic E-state index is 6.00. The molecule has 14 heavy (non-hydrogen) atoms. The van der Waals surface area contributed by atoms with Crippen molar-refractivity contribution in [3.63, 3.8) is 0 Å². The van der Waals surface area contributed by atoms with E-state index in [2.05, 4.69) is 19.2 Å². The monoisotopic (exact) mass is 231 g/mol. The van der Waals surface area contributed by atoms with Crippen molar-refractivity contribution in [2.45, 2.75) is 20.3 Å². The Morgan fingerprint density at radius 3 is 2.71 bits per heavy atom. The number of hydrogen-bond acceptors (Lipinski definition) is 1. The molecular weight excluding hydrogens is 217 g/mol. The number of benzene rings is 1. The van der Waals surface area contributed by atoms with Crippen molar-refractivity contribution in [2.24, 2.45) is 5.92 Å². The fraction of sp³-hybridized carbons (Fsp3) is 0.455. The first-order chi connectivity index (χ1) is 6.63. The molecule has 0 aromatic heterocycles. The minimum atomic E-state index is 0.644. The topological polar surface area (TPSA) is 12.0 Å². The zero-order chi connectivity index (χ0) is 10.6. The van der Waals surface area contributed by atoms with E-state index in [9.17, 15) is 0 Å². The predicted molar refractivity (Wildman–Crippen MR) is 64.4 cm³/mol. The Balaban J connectivity index is 2.62. The summed E-state index contributed by atoms with van der Waals surface area (Å²) in [6.45, 7) is 5.30. The van der Waals surface area contributed by atoms with Gasteiger partial charge in [0.05, 0.1) is 10.7 Å². The maximum absolute atomic E-state index is 6.00. The molecule has 0 fully saturated rings. The SMILES string of the molecule is CCC(C)CNc1cc(Cl)ccc1Cl. The first kappa shape index (κ1) is 11.7. The van der Waals surface area contributed by atoms with E-state index in [1.54, 1.807) is 6.07 Å². The summed E-state index contributed by atoms with van der Waals surface area (Å²) in [5, 5.41) is 4.72. The van der Waals surface area contributed by atoms with E-state index in [1.165, 1.54) is 0 Å². The van der Waals surface area contributed by atoms with E-state index < -0.39 is 0 Å². The minimum Gasteiger partial charge on any atom is -0.384 e. The van der Waals surface area contributed by atoms with Crippen LogP contribution in [0.5, 0.6) is 0 Å². The molecule has 1 rings (SSSR count). The van der Waals surface area contributed by atoms with Gasteiger partial charge in [-0.1, -0.05) is 43.5 Å². The molecule has 1 nitrogen and oxygen atoms in total. The van der Waals surface area contributed by atoms with Crippen LogP contribution in [0.4, 0.5) is 5.69 Å². The quantitative estimate of drug-likeness (QED) is 0.808. The Bertz CT molecular complexity index is 299. The summed E-state index contributed by atoms with van der Waals surface area (Å²) in [5.74, 6) is 0.644. The molecule has 0 bridgehead atoms. The molecule has 0 saturated heterocycles. The van der Waals surface area contributed by atoms with Gasteiger partial charge in [-0.2, -0.15) is 0 Å². The number of halogens is 2. The van der Waals surface area contributed by atoms with Crippen LogP contribution in [0, 0.1) is 5.92 Å². The highest BCUT2D eigenvalue weighted by molar-refractivity contribution is 6.35. The molecule has 3 heteroatoms. The number of nitrogens with one attached hydrogen (secondary N) is 1. The molecule has 0 spiro atoms. The van der Waals surface area contributed by atoms with Crippen LogP contribution < -0.4 is 5.32 Å². The van der Waals surface area contributed by atoms with Crippen molar-refractivity contribution in [3.8, 4) is 0 Å². The van der Waals surface area contributed by atoms with Crippen LogP contribution in [0.1, 0.15) is 20.3 Å². The molecule has 0 heterocycles. The smallest absolute Gasteiger partial charge is 0.0638 e. The highest BCUT2D eigenvalue weighted by atomic mass is 35.5. The number of rotatable bonds is 4. The Hall–Kier alpha value is -0.400. The Morgan fingerprint density at radius 2 is 2.07 bits per heavy atom. The molecule has 0 aliphatic carbocycles. The number of anilines is 1. The molecule has 0 aliphatic heterocycles. The van der Waals surface area contributed by atoms with Gasteiger partial charge >= 0.3 is 0 Å². The molecule has 0 amide bonds. The summed E-state index contributed by atoms with van der Waals surface area (Å²) in [5.41, 5.74) is 0.916. The Morgan fingerprint density at radius 1 is 1.36 bits per heavy atom. The lowest BCUT2D eigenvalue weighted by atomic mass is 10.1. The van der Waals surface area contributed by atoms with Crippen molar-refractivity contribution < 1.29 is 0 Å². The molecule has 0 aliphatic rings. The van der Waals surface area contributed by atoms with Crippen LogP contribution in [0.3, 0.4) is 0 Å². The summed E-state index contributed by atoms with van der Waals surface area (Å²) in [6, 6.07) is 5.45. The lowest BCUT2D eigenvalue weighted by molar-refractivity contribution is 0.593. The average Bonchev–Trinajstić information content (AvgIpc) is 2.19. The van der Waals surface area contributed by atoms with Crippen molar-refractivity contribution in [1.29, 1.82) is 0 Å². The molecule has 1 aromatic carbocycles. The Kier molecular flexibility index (Phi) is 4.56. The summed E-state index contributed by atoms with van der Waals surface area (Å²) in [6.07, 6.45) is 1.16. The van der Waals surface area contributed by atoms with Gasteiger partial charge in [-0.15, -0.1) is 0 Å². The molecule has 1 aromatic rings. The van der Waals surface area contributed by atoms with Crippen LogP contribution >= 0.6 is 23.2 Å². The fourth-order valence-electron chi connectivity index (χ4n) is 1.06. The normalized spacial score (nSPS) is 12.6. The molecule has 1 N–H and O–H groups in total. The largest absolute Gasteiger partial charge is 0.384 e. The van der Waals surface area contributed by atoms with Crippen LogP contribution in [0.25, 0.3) is 0 Å². The zero-order valence-corrected chi connectivity index (χ0v) is 9.99. The van der Waals surface area contributed by atoms with E-state index in [4.69, 9.17) is 23.2 Å². The summed E-state index contributed by atoms with van der Waals surface area (Å²) in [4.78, 5) is 0. The molecule has 1 unspecified atom stereocenters. The van der Waals surface area contributed by atoms with Crippen LogP contribution in [0.2, 0.25) is 10.0 Å². The van der Waals surface area contributed by atoms with Crippen molar-refractivity contribution in [1.82, 2.24) is 0 Å². The highest BCUT2D eigenvalue weighted by Crippen LogP contribution is 2.25. The van der Waals surface area contributed by atoms with Crippen molar-refractivity contribution >= 4 is 28.9 Å². The molecule has 78 valence electrons. The maximum Gasteiger partial charge on any atom is 0.0638 e. The van der Waals surface area contributed by atoms with Crippen molar-refractivity contribution in [3.05, 3.63) is 28.2 Å². The summed E-state index contributed by atoms with van der Waals surface area (Å²) >= 11 is 11.9. The molecular formula is C11H15Cl2N. The van der Waals surface area contributed by atoms with Gasteiger partial charge in [0.15, 0.2) is 0 Å². The van der Waals surface area contributed by atoms with E-state index in [0.29, 0.717) is 10.9 Å². The third-order valence-electron chi connectivity index (χ3n) is 2.27. The lowest BCUT2D eigenvalue weighted by Crippen LogP contribution is -2.10. The van der Waals surface area contributed by atoms with Crippen LogP contribution in [0.15, 0.2) is 18.2 Å². The third-order valence-corrected chi connectivity index (χ3v) is 2.83. The van der Waals surface area contributed by atoms with Gasteiger partial charge < -0.3 is 5.32 Å². The zero-order valence-electron chi connectivity index (χ0n) is 8.48. The average molecular weight is 232 g/mol. The summed E-state index contributed by atoms with van der Waals surface area (Å²) < 4.78 is 0. The Labute approximate surface area is 95.4 Å². The van der Waals surface area contributed by atoms with E-state index >= 15 is 0 Å². The first-order valence-electron chi connectivity index (χ1n) is 4.82. The van der Waals surface area contributed by atoms with Crippen molar-refractivity contribution in [2.75, 3.05) is 11.9 Å². The van der Waals surface area contributed by atoms with Gasteiger partial charge in [-0.05, 0) is 24.1 Å². The minimum absolute atomic E-state index is 0.644. The number of hydrogen-bond donors (Lipinski definition) is 1. The van der Waals surface area contributed by atoms with E-state index in [0.717, 1.165) is 23.7 Å². The highest BCUT2D eigenvalue weighted by Gasteiger charge is 2.02. The molecule has 1 atom stereocenters. The second-order valence-electron chi connectivity index (χ2n) is 3.52. The van der Waals surface area contributed by atoms with E-state index in [-0.39, 0.29) is 0 Å². The molecule has 0 radical (unpaired) electrons. The van der Waals surface area contributed by atoms with E-state index in [1.807, 2.05) is 12.1 Å². The van der Waals surface area contributed by atoms with Gasteiger partial charge in [0.2, 0.25) is 0 Å².